The van der Waals surface area contributed by atoms with Crippen LogP contribution in [0.2, 0.25) is 15.1 Å². The first-order valence-electron chi connectivity index (χ1n) is 20.9. The van der Waals surface area contributed by atoms with Gasteiger partial charge in [0, 0.05) is 27.3 Å². The van der Waals surface area contributed by atoms with Gasteiger partial charge in [-0.15, -0.1) is 40.6 Å². The van der Waals surface area contributed by atoms with E-state index in [4.69, 9.17) is 58.3 Å². The molecule has 0 aromatic carbocycles. The molecule has 0 spiro atoms. The van der Waals surface area contributed by atoms with Crippen molar-refractivity contribution in [2.75, 3.05) is 19.8 Å². The van der Waals surface area contributed by atoms with Crippen LogP contribution in [0.1, 0.15) is 127 Å². The molecule has 0 N–H and O–H groups in total. The van der Waals surface area contributed by atoms with Crippen molar-refractivity contribution in [3.05, 3.63) is 98.2 Å². The van der Waals surface area contributed by atoms with Gasteiger partial charge >= 0.3 is 25.0 Å². The summed E-state index contributed by atoms with van der Waals surface area (Å²) in [5.41, 5.74) is 5.43. The van der Waals surface area contributed by atoms with Gasteiger partial charge in [-0.3, -0.25) is 4.79 Å². The first-order chi connectivity index (χ1) is 31.4. The fraction of sp³-hybridized carbons (Fsp3) is 0.383. The summed E-state index contributed by atoms with van der Waals surface area (Å²) in [4.78, 5) is 63.6. The fourth-order valence-corrected chi connectivity index (χ4v) is 11.4. The van der Waals surface area contributed by atoms with Crippen molar-refractivity contribution < 1.29 is 42.7 Å². The lowest BCUT2D eigenvalue weighted by Crippen LogP contribution is -2.41. The highest BCUT2D eigenvalue weighted by molar-refractivity contribution is 9.10. The van der Waals surface area contributed by atoms with E-state index in [1.807, 2.05) is 62.3 Å². The number of ether oxygens (including phenoxy) is 3. The minimum atomic E-state index is -0.499. The van der Waals surface area contributed by atoms with Crippen molar-refractivity contribution in [1.82, 2.24) is 15.0 Å². The van der Waals surface area contributed by atoms with Crippen LogP contribution < -0.4 is 0 Å². The number of fused-ring (bicyclic) bond motifs is 3. The van der Waals surface area contributed by atoms with E-state index in [-0.39, 0.29) is 41.7 Å². The molecule has 7 rings (SSSR count). The van der Waals surface area contributed by atoms with Gasteiger partial charge in [-0.1, -0.05) is 53.4 Å². The van der Waals surface area contributed by atoms with Crippen molar-refractivity contribution in [3.63, 3.8) is 0 Å². The summed E-state index contributed by atoms with van der Waals surface area (Å²) in [7, 11) is -0.250. The Morgan fingerprint density at radius 3 is 1.30 bits per heavy atom. The number of rotatable bonds is 9. The Hall–Kier alpha value is -3.78. The molecule has 0 radical (unpaired) electrons. The smallest absolute Gasteiger partial charge is 0.462 e. The summed E-state index contributed by atoms with van der Waals surface area (Å²) in [6.07, 6.45) is 2.32. The second kappa shape index (κ2) is 23.2. The van der Waals surface area contributed by atoms with Crippen LogP contribution in [0.25, 0.3) is 36.7 Å². The van der Waals surface area contributed by atoms with E-state index in [0.717, 1.165) is 65.4 Å². The molecule has 7 heterocycles. The van der Waals surface area contributed by atoms with Gasteiger partial charge in [0.1, 0.15) is 29.1 Å². The zero-order chi connectivity index (χ0) is 50.5. The highest BCUT2D eigenvalue weighted by Crippen LogP contribution is 2.41. The molecule has 1 aliphatic heterocycles. The number of pyridine rings is 3. The minimum Gasteiger partial charge on any atom is -0.462 e. The molecule has 20 heteroatoms. The van der Waals surface area contributed by atoms with Crippen molar-refractivity contribution in [2.24, 2.45) is 0 Å². The van der Waals surface area contributed by atoms with Crippen LogP contribution >= 0.6 is 84.7 Å². The van der Waals surface area contributed by atoms with E-state index in [0.29, 0.717) is 70.3 Å². The average Bonchev–Trinajstić information content (AvgIpc) is 3.99. The molecule has 6 aromatic rings. The van der Waals surface area contributed by atoms with Crippen LogP contribution in [0.15, 0.2) is 23.6 Å². The summed E-state index contributed by atoms with van der Waals surface area (Å²) < 4.78 is 26.9. The Balaban J connectivity index is 0.000000198. The standard InChI is InChI=1S/C14H14ClNO2S.C13H12ClNO3S.C12H11BrClNO2S.C8H15BO2/c1-5-9-10-7(3)11(15)8(4)16-13(10)19-12(9)14(17)18-6-2;1-4-18-13(17)11-8(5-16)9-6(2)10(14)7(3)15-12(9)19-11;1-4-17-12(16)10-8(13)7-5(2)9(14)6(3)15-11(7)18-10;1-6-9-10-7(2,3)8(4,5)11-9/h5H,1,6H2,2-4H3;5H,4H2,1-3H3;4H2,1-3H3;6H,1H2,2-5H3. The summed E-state index contributed by atoms with van der Waals surface area (Å²) in [5, 5.41) is 4.19. The number of halogens is 4. The highest BCUT2D eigenvalue weighted by Gasteiger charge is 2.49. The number of aromatic nitrogens is 3. The molecule has 0 unspecified atom stereocenters. The van der Waals surface area contributed by atoms with Crippen molar-refractivity contribution in [3.8, 4) is 0 Å². The second-order valence-corrected chi connectivity index (χ2v) is 20.7. The lowest BCUT2D eigenvalue weighted by molar-refractivity contribution is 0.00578. The molecule has 0 bridgehead atoms. The third-order valence-electron chi connectivity index (χ3n) is 10.7. The van der Waals surface area contributed by atoms with Crippen molar-refractivity contribution >= 4 is 153 Å². The average molecular weight is 1100 g/mol. The summed E-state index contributed by atoms with van der Waals surface area (Å²) in [6.45, 7) is 32.9. The first kappa shape index (κ1) is 55.8. The van der Waals surface area contributed by atoms with Gasteiger partial charge in [0.25, 0.3) is 0 Å². The second-order valence-electron chi connectivity index (χ2n) is 15.7. The van der Waals surface area contributed by atoms with Crippen LogP contribution in [0, 0.1) is 41.5 Å². The van der Waals surface area contributed by atoms with E-state index < -0.39 is 5.97 Å². The van der Waals surface area contributed by atoms with Crippen LogP contribution in [-0.2, 0) is 23.5 Å². The third kappa shape index (κ3) is 11.8. The van der Waals surface area contributed by atoms with Gasteiger partial charge in [0.2, 0.25) is 0 Å². The molecule has 12 nitrogen and oxygen atoms in total. The fourth-order valence-electron chi connectivity index (χ4n) is 6.61. The van der Waals surface area contributed by atoms with Crippen LogP contribution in [-0.4, -0.2) is 77.3 Å². The lowest BCUT2D eigenvalue weighted by Gasteiger charge is -2.32. The Kier molecular flexibility index (Phi) is 19.3. The van der Waals surface area contributed by atoms with Gasteiger partial charge in [-0.25, -0.2) is 29.3 Å². The van der Waals surface area contributed by atoms with E-state index in [1.54, 1.807) is 39.7 Å². The maximum Gasteiger partial charge on any atom is 0.486 e. The quantitative estimate of drug-likeness (QED) is 0.0586. The van der Waals surface area contributed by atoms with E-state index in [2.05, 4.69) is 44.0 Å². The number of carbonyl (C=O) groups is 4. The topological polar surface area (TPSA) is 153 Å². The molecule has 0 atom stereocenters. The number of nitrogens with zero attached hydrogens (tertiary/aromatic N) is 3. The number of thiophene rings is 3. The normalized spacial score (nSPS) is 13.5. The summed E-state index contributed by atoms with van der Waals surface area (Å²) >= 11 is 25.8. The predicted octanol–water partition coefficient (Wildman–Crippen LogP) is 14.3. The van der Waals surface area contributed by atoms with Gasteiger partial charge < -0.3 is 23.5 Å². The largest absolute Gasteiger partial charge is 0.486 e. The number of aldehydes is 1. The van der Waals surface area contributed by atoms with Gasteiger partial charge in [0.15, 0.2) is 6.29 Å². The van der Waals surface area contributed by atoms with Gasteiger partial charge in [0.05, 0.1) is 67.6 Å². The van der Waals surface area contributed by atoms with Crippen LogP contribution in [0.5, 0.6) is 0 Å². The molecule has 0 saturated carbocycles. The first-order valence-corrected chi connectivity index (χ1v) is 25.3. The van der Waals surface area contributed by atoms with Crippen molar-refractivity contribution in [2.45, 2.75) is 101 Å². The monoisotopic (exact) mass is 1090 g/mol. The molecule has 1 saturated heterocycles. The maximum atomic E-state index is 12.0. The Bertz CT molecular complexity index is 2780. The van der Waals surface area contributed by atoms with Crippen molar-refractivity contribution in [1.29, 1.82) is 0 Å². The Morgan fingerprint density at radius 1 is 0.627 bits per heavy atom. The van der Waals surface area contributed by atoms with E-state index in [9.17, 15) is 19.2 Å². The molecule has 6 aromatic heterocycles. The minimum absolute atomic E-state index is 0.230. The van der Waals surface area contributed by atoms with Crippen LogP contribution in [0.3, 0.4) is 0 Å². The van der Waals surface area contributed by atoms with Gasteiger partial charge in [-0.2, -0.15) is 0 Å². The SMILES string of the molecule is C=CB1OC(C)(C)C(C)(C)O1.C=Cc1c(C(=O)OCC)sc2nc(C)c(Cl)c(C)c12.CCOC(=O)c1sc2nc(C)c(Cl)c(C)c2c1Br.CCOC(=O)c1sc2nc(C)c(Cl)c(C)c2c1C=O. The number of carbonyl (C=O) groups excluding carboxylic acids is 4. The molecule has 0 amide bonds. The lowest BCUT2D eigenvalue weighted by atomic mass is 9.90. The predicted molar refractivity (Wildman–Crippen MR) is 280 cm³/mol. The molecule has 358 valence electrons. The number of aryl methyl sites for hydroxylation is 6. The highest BCUT2D eigenvalue weighted by atomic mass is 79.9. The third-order valence-corrected chi connectivity index (χ3v) is 16.7. The number of hydrogen-bond donors (Lipinski definition) is 0. The molecule has 1 aliphatic rings. The molecule has 0 aliphatic carbocycles. The Labute approximate surface area is 426 Å². The van der Waals surface area contributed by atoms with Crippen LogP contribution in [0.4, 0.5) is 0 Å². The van der Waals surface area contributed by atoms with E-state index in [1.165, 1.54) is 22.7 Å². The summed E-state index contributed by atoms with van der Waals surface area (Å²) in [6, 6.07) is 0. The zero-order valence-corrected chi connectivity index (χ0v) is 45.9. The van der Waals surface area contributed by atoms with E-state index >= 15 is 0 Å². The Morgan fingerprint density at radius 2 is 0.955 bits per heavy atom. The van der Waals surface area contributed by atoms with Gasteiger partial charge in [-0.05, 0) is 123 Å². The molecule has 67 heavy (non-hydrogen) atoms. The molecular formula is C47H52BBrCl3N3O9S3. The number of esters is 3. The summed E-state index contributed by atoms with van der Waals surface area (Å²) in [5.74, 6) is 0.506. The zero-order valence-electron chi connectivity index (χ0n) is 39.6. The molecular weight excluding hydrogens is 1040 g/mol. The maximum absolute atomic E-state index is 12.0. The molecule has 1 fully saturated rings. The number of hydrogen-bond acceptors (Lipinski definition) is 15.